The summed E-state index contributed by atoms with van der Waals surface area (Å²) in [7, 11) is 0. The molecule has 4 heterocycles. The molecule has 2 spiro atoms. The van der Waals surface area contributed by atoms with E-state index in [2.05, 4.69) is 52.8 Å². The Morgan fingerprint density at radius 1 is 0.882 bits per heavy atom. The number of rotatable bonds is 4. The monoisotopic (exact) mass is 460 g/mol. The number of hydrogen-bond donors (Lipinski definition) is 2. The zero-order valence-electron chi connectivity index (χ0n) is 20.3. The van der Waals surface area contributed by atoms with E-state index >= 15 is 0 Å². The van der Waals surface area contributed by atoms with Crippen LogP contribution in [0, 0.1) is 11.8 Å². The Labute approximate surface area is 202 Å². The smallest absolute Gasteiger partial charge is 0.246 e. The van der Waals surface area contributed by atoms with Gasteiger partial charge in [0.1, 0.15) is 5.54 Å². The molecule has 6 heteroatoms. The molecule has 2 aromatic carbocycles. The molecule has 4 saturated heterocycles. The van der Waals surface area contributed by atoms with Gasteiger partial charge < -0.3 is 15.5 Å². The van der Waals surface area contributed by atoms with Crippen molar-refractivity contribution in [3.63, 3.8) is 0 Å². The van der Waals surface area contributed by atoms with Crippen molar-refractivity contribution in [2.45, 2.75) is 50.9 Å². The van der Waals surface area contributed by atoms with E-state index in [4.69, 9.17) is 0 Å². The van der Waals surface area contributed by atoms with Crippen LogP contribution in [0.5, 0.6) is 0 Å². The van der Waals surface area contributed by atoms with Gasteiger partial charge >= 0.3 is 0 Å². The molecular formula is C28H36N4O2. The van der Waals surface area contributed by atoms with Crippen molar-refractivity contribution >= 4 is 11.8 Å². The van der Waals surface area contributed by atoms with Crippen LogP contribution < -0.4 is 10.6 Å². The normalized spacial score (nSPS) is 32.2. The third-order valence-corrected chi connectivity index (χ3v) is 8.63. The highest BCUT2D eigenvalue weighted by atomic mass is 16.2. The predicted octanol–water partition coefficient (Wildman–Crippen LogP) is 2.79. The first kappa shape index (κ1) is 23.1. The summed E-state index contributed by atoms with van der Waals surface area (Å²) in [4.78, 5) is 28.4. The molecule has 2 amide bonds. The second kappa shape index (κ2) is 9.16. The topological polar surface area (TPSA) is 64.7 Å². The number of amides is 2. The van der Waals surface area contributed by atoms with Gasteiger partial charge in [-0.05, 0) is 36.4 Å². The summed E-state index contributed by atoms with van der Waals surface area (Å²) in [6, 6.07) is 20.6. The Bertz CT molecular complexity index is 1020. The number of hydrogen-bond acceptors (Lipinski definition) is 4. The molecule has 180 valence electrons. The van der Waals surface area contributed by atoms with E-state index < -0.39 is 5.54 Å². The standard InChI is InChI=1S/C14H16N2O2.C14H20N2/c1-10-12(17)16(9-11-5-3-2-4-6-11)14(10)7-8-15-13(14)18;1-12-9-16(14(12)7-8-15-11-14)10-13-5-3-2-4-6-13/h2-6,10H,7-9H2,1H3,(H,15,18);2-6,12,15H,7-11H2,1H3/t10-,14+;12-,14-/m00/s1. The summed E-state index contributed by atoms with van der Waals surface area (Å²) in [6.07, 6.45) is 2.05. The highest BCUT2D eigenvalue weighted by molar-refractivity contribution is 6.04. The van der Waals surface area contributed by atoms with E-state index in [-0.39, 0.29) is 17.7 Å². The van der Waals surface area contributed by atoms with Gasteiger partial charge in [0, 0.05) is 38.3 Å². The van der Waals surface area contributed by atoms with Crippen molar-refractivity contribution in [1.82, 2.24) is 20.4 Å². The van der Waals surface area contributed by atoms with Crippen molar-refractivity contribution in [2.75, 3.05) is 26.2 Å². The van der Waals surface area contributed by atoms with Crippen molar-refractivity contribution in [3.05, 3.63) is 71.8 Å². The quantitative estimate of drug-likeness (QED) is 0.689. The lowest BCUT2D eigenvalue weighted by Gasteiger charge is -2.56. The number of β-lactam (4-membered cyclic amide) rings is 1. The van der Waals surface area contributed by atoms with Crippen LogP contribution in [-0.2, 0) is 22.7 Å². The van der Waals surface area contributed by atoms with Crippen LogP contribution in [0.4, 0.5) is 0 Å². The fraction of sp³-hybridized carbons (Fsp3) is 0.500. The largest absolute Gasteiger partial charge is 0.354 e. The Kier molecular flexibility index (Phi) is 6.21. The number of carbonyl (C=O) groups is 2. The molecule has 0 aromatic heterocycles. The average molecular weight is 461 g/mol. The molecule has 6 rings (SSSR count). The van der Waals surface area contributed by atoms with Crippen molar-refractivity contribution in [1.29, 1.82) is 0 Å². The van der Waals surface area contributed by atoms with Gasteiger partial charge in [0.05, 0.1) is 5.92 Å². The van der Waals surface area contributed by atoms with Crippen LogP contribution in [0.1, 0.15) is 37.8 Å². The number of likely N-dealkylation sites (tertiary alicyclic amines) is 2. The molecule has 6 nitrogen and oxygen atoms in total. The minimum atomic E-state index is -0.590. The molecular weight excluding hydrogens is 424 g/mol. The SMILES string of the molecule is C[C@H]1C(=O)N(Cc2ccccc2)[C@]12CCNC2=O.C[C@H]1CN(Cc2ccccc2)[C@]12CCNC2. The predicted molar refractivity (Wildman–Crippen MR) is 133 cm³/mol. The third kappa shape index (κ3) is 3.73. The van der Waals surface area contributed by atoms with Crippen molar-refractivity contribution < 1.29 is 9.59 Å². The molecule has 4 aliphatic heterocycles. The summed E-state index contributed by atoms with van der Waals surface area (Å²) < 4.78 is 0. The Morgan fingerprint density at radius 3 is 2.06 bits per heavy atom. The van der Waals surface area contributed by atoms with Gasteiger partial charge in [0.25, 0.3) is 0 Å². The lowest BCUT2D eigenvalue weighted by atomic mass is 9.72. The van der Waals surface area contributed by atoms with E-state index in [1.165, 1.54) is 31.6 Å². The van der Waals surface area contributed by atoms with E-state index in [1.54, 1.807) is 4.90 Å². The van der Waals surface area contributed by atoms with Gasteiger partial charge in [-0.15, -0.1) is 0 Å². The molecule has 2 aromatic rings. The molecule has 2 N–H and O–H groups in total. The summed E-state index contributed by atoms with van der Waals surface area (Å²) in [5.41, 5.74) is 2.39. The lowest BCUT2D eigenvalue weighted by Crippen LogP contribution is -2.72. The lowest BCUT2D eigenvalue weighted by molar-refractivity contribution is -0.175. The van der Waals surface area contributed by atoms with Gasteiger partial charge in [-0.3, -0.25) is 14.5 Å². The number of carbonyl (C=O) groups excluding carboxylic acids is 2. The first-order chi connectivity index (χ1) is 16.5. The summed E-state index contributed by atoms with van der Waals surface area (Å²) in [5, 5.41) is 6.37. The zero-order chi connectivity index (χ0) is 23.8. The van der Waals surface area contributed by atoms with Gasteiger partial charge in [0.2, 0.25) is 11.8 Å². The van der Waals surface area contributed by atoms with Crippen LogP contribution in [0.2, 0.25) is 0 Å². The number of benzene rings is 2. The maximum atomic E-state index is 12.0. The fourth-order valence-corrected chi connectivity index (χ4v) is 6.39. The van der Waals surface area contributed by atoms with Crippen molar-refractivity contribution in [2.24, 2.45) is 11.8 Å². The van der Waals surface area contributed by atoms with Crippen LogP contribution >= 0.6 is 0 Å². The molecule has 0 bridgehead atoms. The molecule has 4 fully saturated rings. The Hall–Kier alpha value is -2.70. The van der Waals surface area contributed by atoms with Gasteiger partial charge in [0.15, 0.2) is 0 Å². The molecule has 4 aliphatic rings. The first-order valence-electron chi connectivity index (χ1n) is 12.6. The first-order valence-corrected chi connectivity index (χ1v) is 12.6. The average Bonchev–Trinajstić information content (AvgIpc) is 3.54. The summed E-state index contributed by atoms with van der Waals surface area (Å²) in [5.74, 6) is 0.747. The zero-order valence-corrected chi connectivity index (χ0v) is 20.3. The van der Waals surface area contributed by atoms with Gasteiger partial charge in [-0.2, -0.15) is 0 Å². The molecule has 0 aliphatic carbocycles. The Morgan fingerprint density at radius 2 is 1.53 bits per heavy atom. The highest BCUT2D eigenvalue weighted by Crippen LogP contribution is 2.44. The molecule has 0 saturated carbocycles. The van der Waals surface area contributed by atoms with Crippen LogP contribution in [0.3, 0.4) is 0 Å². The van der Waals surface area contributed by atoms with Crippen LogP contribution in [-0.4, -0.2) is 58.9 Å². The Balaban J connectivity index is 0.000000142. The van der Waals surface area contributed by atoms with Gasteiger partial charge in [-0.25, -0.2) is 0 Å². The van der Waals surface area contributed by atoms with E-state index in [9.17, 15) is 9.59 Å². The summed E-state index contributed by atoms with van der Waals surface area (Å²) in [6.45, 7) is 10.2. The van der Waals surface area contributed by atoms with E-state index in [0.717, 1.165) is 24.4 Å². The molecule has 34 heavy (non-hydrogen) atoms. The van der Waals surface area contributed by atoms with E-state index in [1.807, 2.05) is 37.3 Å². The van der Waals surface area contributed by atoms with Crippen LogP contribution in [0.15, 0.2) is 60.7 Å². The van der Waals surface area contributed by atoms with Crippen LogP contribution in [0.25, 0.3) is 0 Å². The fourth-order valence-electron chi connectivity index (χ4n) is 6.39. The van der Waals surface area contributed by atoms with E-state index in [0.29, 0.717) is 18.6 Å². The minimum absolute atomic E-state index is 0.00512. The number of nitrogens with one attached hydrogen (secondary N) is 2. The maximum Gasteiger partial charge on any atom is 0.246 e. The second-order valence-corrected chi connectivity index (χ2v) is 10.4. The second-order valence-electron chi connectivity index (χ2n) is 10.4. The number of nitrogens with zero attached hydrogens (tertiary/aromatic N) is 2. The third-order valence-electron chi connectivity index (χ3n) is 8.63. The van der Waals surface area contributed by atoms with Crippen molar-refractivity contribution in [3.8, 4) is 0 Å². The highest BCUT2D eigenvalue weighted by Gasteiger charge is 2.63. The molecule has 0 radical (unpaired) electrons. The molecule has 4 atom stereocenters. The summed E-state index contributed by atoms with van der Waals surface area (Å²) >= 11 is 0. The molecule has 0 unspecified atom stereocenters. The van der Waals surface area contributed by atoms with Gasteiger partial charge in [-0.1, -0.05) is 74.5 Å². The maximum absolute atomic E-state index is 12.0. The minimum Gasteiger partial charge on any atom is -0.354 e.